The Morgan fingerprint density at radius 1 is 1.21 bits per heavy atom. The zero-order valence-corrected chi connectivity index (χ0v) is 21.1. The minimum Gasteiger partial charge on any atom is -0.471 e. The Morgan fingerprint density at radius 3 is 2.65 bits per heavy atom. The molecule has 0 spiro atoms. The molecule has 2 bridgehead atoms. The van der Waals surface area contributed by atoms with Crippen LogP contribution in [0.2, 0.25) is 5.15 Å². The van der Waals surface area contributed by atoms with Crippen LogP contribution in [0, 0.1) is 11.7 Å². The van der Waals surface area contributed by atoms with Gasteiger partial charge in [-0.05, 0) is 58.6 Å². The second-order valence-electron chi connectivity index (χ2n) is 10.5. The number of aromatic nitrogens is 3. The monoisotopic (exact) mass is 507 g/mol. The lowest BCUT2D eigenvalue weighted by Crippen LogP contribution is -2.66. The molecule has 3 fully saturated rings. The molecule has 34 heavy (non-hydrogen) atoms. The Labute approximate surface area is 206 Å². The lowest BCUT2D eigenvalue weighted by atomic mass is 9.94. The van der Waals surface area contributed by atoms with E-state index in [1.807, 2.05) is 31.9 Å². The maximum atomic E-state index is 15.1. The van der Waals surface area contributed by atoms with Crippen LogP contribution < -0.4 is 9.64 Å². The van der Waals surface area contributed by atoms with Crippen LogP contribution in [-0.4, -0.2) is 68.6 Å². The molecule has 0 aromatic carbocycles. The molecule has 3 aliphatic heterocycles. The fraction of sp³-hybridized carbons (Fsp3) is 0.652. The molecule has 182 valence electrons. The number of amides is 1. The van der Waals surface area contributed by atoms with Gasteiger partial charge in [0.2, 0.25) is 5.88 Å². The quantitative estimate of drug-likeness (QED) is 0.329. The van der Waals surface area contributed by atoms with E-state index in [9.17, 15) is 4.79 Å². The SMILES string of the molecule is CSc1nc2c3c(nc(Cl)c(F)c3n1)OC(C1CC1)[C@@H]1[C@@H]3CC[C@H](CN21)N3C(=O)OC(C)(C)C. The van der Waals surface area contributed by atoms with Crippen molar-refractivity contribution in [3.63, 3.8) is 0 Å². The number of piperazine rings is 1. The van der Waals surface area contributed by atoms with Crippen molar-refractivity contribution in [3.8, 4) is 5.88 Å². The van der Waals surface area contributed by atoms with Crippen LogP contribution in [0.25, 0.3) is 10.9 Å². The fourth-order valence-electron chi connectivity index (χ4n) is 5.67. The van der Waals surface area contributed by atoms with Gasteiger partial charge in [0.05, 0.1) is 18.1 Å². The van der Waals surface area contributed by atoms with Crippen molar-refractivity contribution in [2.45, 2.75) is 81.4 Å². The molecule has 0 radical (unpaired) electrons. The minimum absolute atomic E-state index is 0.0228. The zero-order chi connectivity index (χ0) is 23.9. The first-order valence-corrected chi connectivity index (χ1v) is 13.3. The van der Waals surface area contributed by atoms with Crippen LogP contribution in [0.5, 0.6) is 5.88 Å². The van der Waals surface area contributed by atoms with E-state index < -0.39 is 11.4 Å². The largest absolute Gasteiger partial charge is 0.471 e. The van der Waals surface area contributed by atoms with Crippen molar-refractivity contribution in [2.75, 3.05) is 17.7 Å². The van der Waals surface area contributed by atoms with Gasteiger partial charge in [-0.25, -0.2) is 19.2 Å². The maximum Gasteiger partial charge on any atom is 0.410 e. The predicted molar refractivity (Wildman–Crippen MR) is 127 cm³/mol. The molecule has 2 saturated heterocycles. The molecule has 0 N–H and O–H groups in total. The van der Waals surface area contributed by atoms with Crippen molar-refractivity contribution in [1.29, 1.82) is 0 Å². The summed E-state index contributed by atoms with van der Waals surface area (Å²) in [6.45, 7) is 6.21. The van der Waals surface area contributed by atoms with Gasteiger partial charge in [0.15, 0.2) is 16.1 Å². The molecule has 1 aliphatic carbocycles. The first-order valence-electron chi connectivity index (χ1n) is 11.7. The van der Waals surface area contributed by atoms with Crippen molar-refractivity contribution < 1.29 is 18.7 Å². The van der Waals surface area contributed by atoms with Gasteiger partial charge in [0.25, 0.3) is 0 Å². The Kier molecular flexibility index (Phi) is 5.08. The fourth-order valence-corrected chi connectivity index (χ4v) is 6.19. The highest BCUT2D eigenvalue weighted by atomic mass is 35.5. The standard InChI is InChI=1S/C23H27ClFN5O3S/c1-23(2,3)33-22(31)30-11-7-8-12(30)16-17(10-5-6-10)32-20-13-15(14(25)18(24)27-20)26-21(34-4)28-19(13)29(16)9-11/h10-12,16-17H,5-9H2,1-4H3/t11-,12+,16+,17?/m1/s1. The molecule has 1 amide bonds. The number of ether oxygens (including phenoxy) is 2. The summed E-state index contributed by atoms with van der Waals surface area (Å²) in [5.41, 5.74) is -0.453. The number of halogens is 2. The molecule has 4 atom stereocenters. The molecular formula is C23H27ClFN5O3S. The molecule has 1 saturated carbocycles. The van der Waals surface area contributed by atoms with Gasteiger partial charge >= 0.3 is 6.09 Å². The first-order chi connectivity index (χ1) is 16.2. The summed E-state index contributed by atoms with van der Waals surface area (Å²) in [6, 6.07) is -0.274. The van der Waals surface area contributed by atoms with Crippen molar-refractivity contribution in [1.82, 2.24) is 19.9 Å². The lowest BCUT2D eigenvalue weighted by molar-refractivity contribution is -0.00210. The van der Waals surface area contributed by atoms with Gasteiger partial charge in [0.1, 0.15) is 28.4 Å². The van der Waals surface area contributed by atoms with Gasteiger partial charge in [-0.3, -0.25) is 4.90 Å². The second-order valence-corrected chi connectivity index (χ2v) is 11.7. The topological polar surface area (TPSA) is 80.7 Å². The molecule has 2 aromatic heterocycles. The number of pyridine rings is 1. The second kappa shape index (κ2) is 7.71. The molecule has 2 aromatic rings. The van der Waals surface area contributed by atoms with Crippen molar-refractivity contribution in [3.05, 3.63) is 11.0 Å². The number of thioether (sulfide) groups is 1. The molecule has 4 aliphatic rings. The van der Waals surface area contributed by atoms with Crippen molar-refractivity contribution in [2.24, 2.45) is 5.92 Å². The van der Waals surface area contributed by atoms with E-state index in [1.54, 1.807) is 0 Å². The molecule has 6 rings (SSSR count). The summed E-state index contributed by atoms with van der Waals surface area (Å²) < 4.78 is 27.4. The Balaban J connectivity index is 1.51. The molecule has 11 heteroatoms. The van der Waals surface area contributed by atoms with E-state index in [0.29, 0.717) is 28.8 Å². The average molecular weight is 508 g/mol. The van der Waals surface area contributed by atoms with Crippen LogP contribution in [0.3, 0.4) is 0 Å². The number of fused-ring (bicyclic) bond motifs is 5. The van der Waals surface area contributed by atoms with E-state index in [1.165, 1.54) is 11.8 Å². The van der Waals surface area contributed by atoms with E-state index in [4.69, 9.17) is 26.1 Å². The summed E-state index contributed by atoms with van der Waals surface area (Å²) in [6.07, 6.45) is 5.13. The number of nitrogens with zero attached hydrogens (tertiary/aromatic N) is 5. The number of hydrogen-bond donors (Lipinski definition) is 0. The molecule has 5 heterocycles. The number of carbonyl (C=O) groups excluding carboxylic acids is 1. The van der Waals surface area contributed by atoms with Gasteiger partial charge in [-0.15, -0.1) is 0 Å². The average Bonchev–Trinajstić information content (AvgIpc) is 3.57. The third kappa shape index (κ3) is 3.47. The van der Waals surface area contributed by atoms with Crippen molar-refractivity contribution >= 4 is 46.2 Å². The molecular weight excluding hydrogens is 481 g/mol. The maximum absolute atomic E-state index is 15.1. The summed E-state index contributed by atoms with van der Waals surface area (Å²) in [4.78, 5) is 30.9. The number of carbonyl (C=O) groups is 1. The van der Waals surface area contributed by atoms with Crippen LogP contribution >= 0.6 is 23.4 Å². The van der Waals surface area contributed by atoms with Gasteiger partial charge in [0, 0.05) is 6.54 Å². The third-order valence-electron chi connectivity index (χ3n) is 7.11. The van der Waals surface area contributed by atoms with Gasteiger partial charge in [-0.1, -0.05) is 23.4 Å². The summed E-state index contributed by atoms with van der Waals surface area (Å²) in [5, 5.41) is 0.656. The van der Waals surface area contributed by atoms with Crippen LogP contribution in [0.4, 0.5) is 15.0 Å². The normalized spacial score (nSPS) is 27.9. The van der Waals surface area contributed by atoms with Crippen LogP contribution in [0.1, 0.15) is 46.5 Å². The zero-order valence-electron chi connectivity index (χ0n) is 19.5. The Morgan fingerprint density at radius 2 is 1.97 bits per heavy atom. The number of anilines is 1. The minimum atomic E-state index is -0.667. The summed E-state index contributed by atoms with van der Waals surface area (Å²) >= 11 is 7.51. The Bertz CT molecular complexity index is 1190. The highest BCUT2D eigenvalue weighted by Gasteiger charge is 2.57. The van der Waals surface area contributed by atoms with Crippen LogP contribution in [-0.2, 0) is 4.74 Å². The van der Waals surface area contributed by atoms with E-state index in [0.717, 1.165) is 25.7 Å². The van der Waals surface area contributed by atoms with E-state index >= 15 is 4.39 Å². The summed E-state index contributed by atoms with van der Waals surface area (Å²) in [5.74, 6) is 0.546. The van der Waals surface area contributed by atoms with Gasteiger partial charge < -0.3 is 14.4 Å². The highest BCUT2D eigenvalue weighted by Crippen LogP contribution is 2.50. The molecule has 8 nitrogen and oxygen atoms in total. The molecule has 1 unspecified atom stereocenters. The first kappa shape index (κ1) is 22.4. The van der Waals surface area contributed by atoms with Crippen LogP contribution in [0.15, 0.2) is 5.16 Å². The predicted octanol–water partition coefficient (Wildman–Crippen LogP) is 4.67. The Hall–Kier alpha value is -2.07. The number of rotatable bonds is 2. The smallest absolute Gasteiger partial charge is 0.410 e. The summed E-state index contributed by atoms with van der Waals surface area (Å²) in [7, 11) is 0. The number of hydrogen-bond acceptors (Lipinski definition) is 8. The van der Waals surface area contributed by atoms with E-state index in [-0.39, 0.29) is 46.9 Å². The third-order valence-corrected chi connectivity index (χ3v) is 7.91. The van der Waals surface area contributed by atoms with Gasteiger partial charge in [-0.2, -0.15) is 4.98 Å². The van der Waals surface area contributed by atoms with E-state index in [2.05, 4.69) is 14.9 Å². The highest BCUT2D eigenvalue weighted by molar-refractivity contribution is 7.98. The lowest BCUT2D eigenvalue weighted by Gasteiger charge is -2.48.